The van der Waals surface area contributed by atoms with E-state index in [9.17, 15) is 19.5 Å². The summed E-state index contributed by atoms with van der Waals surface area (Å²) < 4.78 is 16.2. The summed E-state index contributed by atoms with van der Waals surface area (Å²) in [6.07, 6.45) is 3.36. The number of amides is 3. The highest BCUT2D eigenvalue weighted by atomic mass is 16.7. The highest BCUT2D eigenvalue weighted by molar-refractivity contribution is 6.03. The first kappa shape index (κ1) is 33.5. The summed E-state index contributed by atoms with van der Waals surface area (Å²) in [4.78, 5) is 42.3. The summed E-state index contributed by atoms with van der Waals surface area (Å²) in [5.74, 6) is 0.360. The Morgan fingerprint density at radius 2 is 1.80 bits per heavy atom. The molecule has 242 valence electrons. The van der Waals surface area contributed by atoms with Gasteiger partial charge in [-0.3, -0.25) is 14.4 Å². The molecule has 1 aliphatic heterocycles. The lowest BCUT2D eigenvalue weighted by molar-refractivity contribution is -0.131. The van der Waals surface area contributed by atoms with Crippen LogP contribution in [0.25, 0.3) is 0 Å². The van der Waals surface area contributed by atoms with Crippen molar-refractivity contribution in [3.05, 3.63) is 76.9 Å². The molecule has 2 aromatic carbocycles. The zero-order valence-corrected chi connectivity index (χ0v) is 26.2. The average molecular weight is 621 g/mol. The van der Waals surface area contributed by atoms with Crippen LogP contribution in [0.2, 0.25) is 0 Å². The summed E-state index contributed by atoms with van der Waals surface area (Å²) >= 11 is 0. The number of hydrogen-bond acceptors (Lipinski definition) is 8. The Labute approximate surface area is 264 Å². The van der Waals surface area contributed by atoms with E-state index < -0.39 is 29.4 Å². The summed E-state index contributed by atoms with van der Waals surface area (Å²) in [5, 5.41) is 14.4. The quantitative estimate of drug-likeness (QED) is 0.236. The SMILES string of the molecule is CCCN(CCC)C(=O)C1=CC(C(N)=O)=CC(C[C@@H](O)[C@@H](N)Cc2ccc3c(c2)OCO3)(C(=O)NCc2cccc(OC)c2)C1. The molecule has 0 fully saturated rings. The molecule has 0 saturated heterocycles. The Morgan fingerprint density at radius 1 is 1.07 bits per heavy atom. The Balaban J connectivity index is 1.64. The normalized spacial score (nSPS) is 18.3. The number of aliphatic hydroxyl groups is 1. The summed E-state index contributed by atoms with van der Waals surface area (Å²) in [6, 6.07) is 11.9. The van der Waals surface area contributed by atoms with Gasteiger partial charge < -0.3 is 41.0 Å². The van der Waals surface area contributed by atoms with Gasteiger partial charge in [-0.25, -0.2) is 0 Å². The zero-order chi connectivity index (χ0) is 32.6. The summed E-state index contributed by atoms with van der Waals surface area (Å²) in [6.45, 7) is 5.30. The van der Waals surface area contributed by atoms with E-state index in [-0.39, 0.29) is 49.7 Å². The molecule has 3 atom stereocenters. The fourth-order valence-electron chi connectivity index (χ4n) is 5.82. The van der Waals surface area contributed by atoms with Crippen LogP contribution >= 0.6 is 0 Å². The predicted molar refractivity (Wildman–Crippen MR) is 169 cm³/mol. The van der Waals surface area contributed by atoms with Crippen LogP contribution in [0.5, 0.6) is 17.2 Å². The monoisotopic (exact) mass is 620 g/mol. The Bertz CT molecular complexity index is 1450. The maximum Gasteiger partial charge on any atom is 0.249 e. The lowest BCUT2D eigenvalue weighted by Crippen LogP contribution is -2.48. The van der Waals surface area contributed by atoms with E-state index in [1.807, 2.05) is 38.1 Å². The van der Waals surface area contributed by atoms with E-state index in [2.05, 4.69) is 5.32 Å². The minimum Gasteiger partial charge on any atom is -0.497 e. The number of fused-ring (bicyclic) bond motifs is 1. The number of nitrogens with two attached hydrogens (primary N) is 2. The van der Waals surface area contributed by atoms with E-state index in [0.717, 1.165) is 24.0 Å². The van der Waals surface area contributed by atoms with Crippen LogP contribution in [-0.2, 0) is 27.3 Å². The van der Waals surface area contributed by atoms with Crippen LogP contribution in [0.15, 0.2) is 65.8 Å². The van der Waals surface area contributed by atoms with Gasteiger partial charge in [-0.2, -0.15) is 0 Å². The standard InChI is InChI=1S/C34H44N4O7/c1-4-11-38(12-5-2)32(41)25-16-24(31(36)40)17-34(18-25,33(42)37-20-23-7-6-8-26(13-23)43-3)19-28(39)27(35)14-22-9-10-29-30(15-22)45-21-44-29/h6-10,13,15-17,27-28,39H,4-5,11-12,14,18-21,35H2,1-3H3,(H2,36,40)(H,37,42)/t27-,28+,34?/m0/s1. The van der Waals surface area contributed by atoms with Crippen molar-refractivity contribution < 1.29 is 33.7 Å². The number of hydrogen-bond donors (Lipinski definition) is 4. The molecule has 0 radical (unpaired) electrons. The average Bonchev–Trinajstić information content (AvgIpc) is 3.51. The van der Waals surface area contributed by atoms with E-state index in [4.69, 9.17) is 25.7 Å². The predicted octanol–water partition coefficient (Wildman–Crippen LogP) is 2.74. The molecule has 2 aliphatic rings. The molecule has 6 N–H and O–H groups in total. The number of ether oxygens (including phenoxy) is 3. The van der Waals surface area contributed by atoms with Crippen LogP contribution in [0, 0.1) is 5.41 Å². The number of methoxy groups -OCH3 is 1. The number of benzene rings is 2. The van der Waals surface area contributed by atoms with Crippen molar-refractivity contribution in [3.8, 4) is 17.2 Å². The number of nitrogens with zero attached hydrogens (tertiary/aromatic N) is 1. The zero-order valence-electron chi connectivity index (χ0n) is 26.2. The number of nitrogens with one attached hydrogen (secondary N) is 1. The van der Waals surface area contributed by atoms with Gasteiger partial charge in [0, 0.05) is 36.8 Å². The fraction of sp³-hybridized carbons (Fsp3) is 0.441. The first-order chi connectivity index (χ1) is 21.6. The van der Waals surface area contributed by atoms with Crippen molar-refractivity contribution in [1.82, 2.24) is 10.2 Å². The second kappa shape index (κ2) is 15.1. The van der Waals surface area contributed by atoms with Gasteiger partial charge in [0.25, 0.3) is 0 Å². The second-order valence-electron chi connectivity index (χ2n) is 11.6. The smallest absolute Gasteiger partial charge is 0.249 e. The molecule has 1 aliphatic carbocycles. The molecular weight excluding hydrogens is 576 g/mol. The van der Waals surface area contributed by atoms with E-state index >= 15 is 0 Å². The molecule has 11 heteroatoms. The van der Waals surface area contributed by atoms with Crippen LogP contribution in [-0.4, -0.2) is 66.9 Å². The number of aliphatic hydroxyl groups excluding tert-OH is 1. The molecule has 4 rings (SSSR count). The molecule has 3 amide bonds. The van der Waals surface area contributed by atoms with Crippen LogP contribution < -0.4 is 31.0 Å². The lowest BCUT2D eigenvalue weighted by atomic mass is 9.70. The van der Waals surface area contributed by atoms with Crippen LogP contribution in [0.4, 0.5) is 0 Å². The minimum atomic E-state index is -1.49. The van der Waals surface area contributed by atoms with Gasteiger partial charge in [-0.05, 0) is 73.6 Å². The fourth-order valence-corrected chi connectivity index (χ4v) is 5.82. The molecule has 0 saturated carbocycles. The maximum absolute atomic E-state index is 14.2. The third-order valence-corrected chi connectivity index (χ3v) is 8.12. The van der Waals surface area contributed by atoms with Crippen molar-refractivity contribution in [2.75, 3.05) is 27.0 Å². The molecular formula is C34H44N4O7. The number of carbonyl (C=O) groups is 3. The molecule has 0 bridgehead atoms. The van der Waals surface area contributed by atoms with Crippen molar-refractivity contribution in [1.29, 1.82) is 0 Å². The van der Waals surface area contributed by atoms with Crippen molar-refractivity contribution in [3.63, 3.8) is 0 Å². The van der Waals surface area contributed by atoms with Gasteiger partial charge >= 0.3 is 0 Å². The first-order valence-corrected chi connectivity index (χ1v) is 15.3. The number of rotatable bonds is 15. The highest BCUT2D eigenvalue weighted by Gasteiger charge is 2.44. The van der Waals surface area contributed by atoms with Gasteiger partial charge in [0.1, 0.15) is 5.75 Å². The Morgan fingerprint density at radius 3 is 2.49 bits per heavy atom. The highest BCUT2D eigenvalue weighted by Crippen LogP contribution is 2.41. The molecule has 11 nitrogen and oxygen atoms in total. The second-order valence-corrected chi connectivity index (χ2v) is 11.6. The lowest BCUT2D eigenvalue weighted by Gasteiger charge is -2.37. The minimum absolute atomic E-state index is 0.0330. The Hall–Kier alpha value is -4.35. The van der Waals surface area contributed by atoms with Crippen molar-refractivity contribution in [2.45, 2.75) is 64.6 Å². The molecule has 1 unspecified atom stereocenters. The number of primary amides is 1. The van der Waals surface area contributed by atoms with E-state index in [1.54, 1.807) is 30.2 Å². The van der Waals surface area contributed by atoms with Crippen molar-refractivity contribution >= 4 is 17.7 Å². The summed E-state index contributed by atoms with van der Waals surface area (Å²) in [5.41, 5.74) is 12.7. The van der Waals surface area contributed by atoms with E-state index in [0.29, 0.717) is 30.3 Å². The van der Waals surface area contributed by atoms with Gasteiger partial charge in [-0.15, -0.1) is 0 Å². The van der Waals surface area contributed by atoms with Gasteiger partial charge in [-0.1, -0.05) is 38.1 Å². The van der Waals surface area contributed by atoms with Gasteiger partial charge in [0.05, 0.1) is 18.6 Å². The molecule has 0 spiro atoms. The van der Waals surface area contributed by atoms with Crippen molar-refractivity contribution in [2.24, 2.45) is 16.9 Å². The van der Waals surface area contributed by atoms with Gasteiger partial charge in [0.2, 0.25) is 24.5 Å². The third-order valence-electron chi connectivity index (χ3n) is 8.12. The largest absolute Gasteiger partial charge is 0.497 e. The summed E-state index contributed by atoms with van der Waals surface area (Å²) in [7, 11) is 1.56. The number of carbonyl (C=O) groups excluding carboxylic acids is 3. The first-order valence-electron chi connectivity index (χ1n) is 15.3. The van der Waals surface area contributed by atoms with Crippen LogP contribution in [0.1, 0.15) is 50.7 Å². The molecule has 45 heavy (non-hydrogen) atoms. The third kappa shape index (κ3) is 8.23. The topological polar surface area (TPSA) is 166 Å². The van der Waals surface area contributed by atoms with Gasteiger partial charge in [0.15, 0.2) is 11.5 Å². The maximum atomic E-state index is 14.2. The molecule has 1 heterocycles. The van der Waals surface area contributed by atoms with Crippen LogP contribution in [0.3, 0.4) is 0 Å². The molecule has 0 aromatic heterocycles. The van der Waals surface area contributed by atoms with E-state index in [1.165, 1.54) is 12.2 Å². The Kier molecular flexibility index (Phi) is 11.2. The molecule has 2 aromatic rings.